The summed E-state index contributed by atoms with van der Waals surface area (Å²) in [5, 5.41) is 28.5. The number of aliphatic carboxylic acids is 2. The Morgan fingerprint density at radius 3 is 1.93 bits per heavy atom. The van der Waals surface area contributed by atoms with Crippen LogP contribution >= 0.6 is 0 Å². The van der Waals surface area contributed by atoms with Gasteiger partial charge in [0, 0.05) is 43.0 Å². The molecule has 13 heteroatoms. The third kappa shape index (κ3) is 26.0. The first kappa shape index (κ1) is 45.3. The maximum Gasteiger partial charge on any atom is 0.322 e. The van der Waals surface area contributed by atoms with Crippen LogP contribution in [0.15, 0.2) is 36.5 Å². The van der Waals surface area contributed by atoms with E-state index in [0.717, 1.165) is 38.0 Å². The van der Waals surface area contributed by atoms with E-state index < -0.39 is 23.3 Å². The highest BCUT2D eigenvalue weighted by molar-refractivity contribution is 5.94. The molecular weight excluding hydrogens is 580 g/mol. The van der Waals surface area contributed by atoms with Crippen LogP contribution in [0.1, 0.15) is 90.9 Å². The zero-order chi connectivity index (χ0) is 35.4. The molecule has 258 valence electrons. The summed E-state index contributed by atoms with van der Waals surface area (Å²) >= 11 is 0. The van der Waals surface area contributed by atoms with Crippen LogP contribution in [-0.4, -0.2) is 72.6 Å². The zero-order valence-electron chi connectivity index (χ0n) is 28.3. The van der Waals surface area contributed by atoms with Crippen molar-refractivity contribution in [2.75, 3.05) is 38.0 Å². The second-order valence-corrected chi connectivity index (χ2v) is 10.5. The molecule has 0 aliphatic rings. The van der Waals surface area contributed by atoms with Crippen molar-refractivity contribution in [2.24, 2.45) is 22.8 Å². The fourth-order valence-corrected chi connectivity index (χ4v) is 3.28. The van der Waals surface area contributed by atoms with Crippen LogP contribution < -0.4 is 32.7 Å². The number of carbonyl (C=O) groups excluding carboxylic acids is 3. The van der Waals surface area contributed by atoms with Gasteiger partial charge in [0.05, 0.1) is 12.0 Å². The van der Waals surface area contributed by atoms with Crippen molar-refractivity contribution in [1.82, 2.24) is 16.0 Å². The van der Waals surface area contributed by atoms with Gasteiger partial charge in [0.2, 0.25) is 11.8 Å². The number of carboxylic acid groups (broad SMARTS) is 2. The minimum atomic E-state index is -0.967. The van der Waals surface area contributed by atoms with Gasteiger partial charge in [-0.05, 0) is 63.3 Å². The van der Waals surface area contributed by atoms with E-state index >= 15 is 0 Å². The summed E-state index contributed by atoms with van der Waals surface area (Å²) in [7, 11) is 0. The van der Waals surface area contributed by atoms with E-state index in [1.807, 2.05) is 52.0 Å². The lowest BCUT2D eigenvalue weighted by molar-refractivity contribution is -0.147. The quantitative estimate of drug-likeness (QED) is 0.109. The number of carbonyl (C=O) groups is 5. The molecule has 3 amide bonds. The average Bonchev–Trinajstić information content (AvgIpc) is 2.99. The second-order valence-electron chi connectivity index (χ2n) is 10.5. The first-order valence-corrected chi connectivity index (χ1v) is 15.4. The van der Waals surface area contributed by atoms with E-state index in [1.165, 1.54) is 0 Å². The van der Waals surface area contributed by atoms with E-state index in [-0.39, 0.29) is 30.8 Å². The van der Waals surface area contributed by atoms with Crippen LogP contribution in [0.3, 0.4) is 0 Å². The molecule has 45 heavy (non-hydrogen) atoms. The number of amides is 3. The molecule has 13 nitrogen and oxygen atoms in total. The molecule has 0 spiro atoms. The molecule has 1 aromatic rings. The number of unbranched alkanes of at least 4 members (excludes halogenated alkanes) is 1. The Kier molecular flexibility index (Phi) is 27.6. The molecule has 10 N–H and O–H groups in total. The van der Waals surface area contributed by atoms with Gasteiger partial charge >= 0.3 is 11.9 Å². The number of allylic oxidation sites excluding steroid dienone is 1. The van der Waals surface area contributed by atoms with Crippen LogP contribution in [0, 0.1) is 11.3 Å². The number of anilines is 1. The minimum Gasteiger partial charge on any atom is -0.481 e. The van der Waals surface area contributed by atoms with Crippen molar-refractivity contribution in [3.63, 3.8) is 0 Å². The summed E-state index contributed by atoms with van der Waals surface area (Å²) in [5.41, 5.74) is 11.6. The van der Waals surface area contributed by atoms with E-state index in [4.69, 9.17) is 21.7 Å². The smallest absolute Gasteiger partial charge is 0.322 e. The van der Waals surface area contributed by atoms with Gasteiger partial charge in [-0.15, -0.1) is 0 Å². The molecule has 1 unspecified atom stereocenters. The molecule has 0 saturated carbocycles. The molecular formula is C32H58N6O7. The van der Waals surface area contributed by atoms with Gasteiger partial charge in [-0.1, -0.05) is 47.6 Å². The fourth-order valence-electron chi connectivity index (χ4n) is 3.28. The first-order valence-electron chi connectivity index (χ1n) is 15.4. The lowest BCUT2D eigenvalue weighted by atomic mass is 9.82. The molecule has 1 aromatic carbocycles. The summed E-state index contributed by atoms with van der Waals surface area (Å²) in [6, 6.07) is 7.43. The molecule has 0 aliphatic carbocycles. The summed E-state index contributed by atoms with van der Waals surface area (Å²) in [5.74, 6) is -2.57. The predicted molar refractivity (Wildman–Crippen MR) is 180 cm³/mol. The summed E-state index contributed by atoms with van der Waals surface area (Å²) in [4.78, 5) is 53.7. The maximum absolute atomic E-state index is 11.7. The molecule has 0 radical (unpaired) electrons. The largest absolute Gasteiger partial charge is 0.481 e. The summed E-state index contributed by atoms with van der Waals surface area (Å²) in [6.07, 6.45) is 3.75. The molecule has 0 fully saturated rings. The SMILES string of the molecule is C=C(NCC(=O)O)C(C)CC(C)(C)C(=O)O.CC.CCCC(=O)NCC(N)=O.CCCCNC(=O)c1ccc(NCCN)cc1. The van der Waals surface area contributed by atoms with Gasteiger partial charge in [0.15, 0.2) is 0 Å². The number of hydrogen-bond acceptors (Lipinski definition) is 8. The summed E-state index contributed by atoms with van der Waals surface area (Å²) in [6.45, 7) is 18.6. The maximum atomic E-state index is 11.7. The standard InChI is InChI=1S/C13H21N3O.C11H19NO4.C6H12N2O2.C2H6/c1-2-3-9-16-13(17)11-4-6-12(7-5-11)15-10-8-14;1-7(5-11(3,4)10(15)16)8(2)12-6-9(13)14;1-2-3-6(10)8-4-5(7)9;1-2/h4-7,15H,2-3,8-10,14H2,1H3,(H,16,17);7,12H,2,5-6H2,1,3-4H3,(H,13,14)(H,15,16);2-4H2,1H3,(H2,7,9)(H,8,10);1-2H3. The average molecular weight is 639 g/mol. The van der Waals surface area contributed by atoms with Gasteiger partial charge < -0.3 is 42.9 Å². The van der Waals surface area contributed by atoms with Crippen molar-refractivity contribution < 1.29 is 34.2 Å². The third-order valence-electron chi connectivity index (χ3n) is 5.83. The molecule has 0 saturated heterocycles. The predicted octanol–water partition coefficient (Wildman–Crippen LogP) is 3.31. The molecule has 1 atom stereocenters. The normalized spacial score (nSPS) is 10.5. The highest BCUT2D eigenvalue weighted by Gasteiger charge is 2.30. The Morgan fingerprint density at radius 2 is 1.49 bits per heavy atom. The minimum absolute atomic E-state index is 0.0103. The van der Waals surface area contributed by atoms with Gasteiger partial charge in [0.1, 0.15) is 6.54 Å². The Bertz CT molecular complexity index is 1010. The van der Waals surface area contributed by atoms with E-state index in [9.17, 15) is 24.0 Å². The zero-order valence-corrected chi connectivity index (χ0v) is 28.3. The van der Waals surface area contributed by atoms with Crippen molar-refractivity contribution >= 4 is 35.3 Å². The molecule has 0 aliphatic heterocycles. The van der Waals surface area contributed by atoms with Gasteiger partial charge in [-0.3, -0.25) is 24.0 Å². The fraction of sp³-hybridized carbons (Fsp3) is 0.594. The Labute approximate surface area is 269 Å². The van der Waals surface area contributed by atoms with Gasteiger partial charge in [-0.25, -0.2) is 0 Å². The highest BCUT2D eigenvalue weighted by atomic mass is 16.4. The topological polar surface area (TPSA) is 226 Å². The van der Waals surface area contributed by atoms with E-state index in [0.29, 0.717) is 30.6 Å². The highest BCUT2D eigenvalue weighted by Crippen LogP contribution is 2.28. The number of carboxylic acids is 2. The monoisotopic (exact) mass is 638 g/mol. The molecule has 0 heterocycles. The Hall–Kier alpha value is -4.13. The van der Waals surface area contributed by atoms with Gasteiger partial charge in [-0.2, -0.15) is 0 Å². The van der Waals surface area contributed by atoms with E-state index in [1.54, 1.807) is 13.8 Å². The lowest BCUT2D eigenvalue weighted by Crippen LogP contribution is -2.32. The second kappa shape index (κ2) is 27.4. The van der Waals surface area contributed by atoms with Crippen molar-refractivity contribution in [1.29, 1.82) is 0 Å². The number of nitrogens with two attached hydrogens (primary N) is 2. The van der Waals surface area contributed by atoms with Gasteiger partial charge in [0.25, 0.3) is 5.91 Å². The van der Waals surface area contributed by atoms with Crippen molar-refractivity contribution in [3.8, 4) is 0 Å². The number of benzene rings is 1. The van der Waals surface area contributed by atoms with Crippen LogP contribution in [0.4, 0.5) is 5.69 Å². The van der Waals surface area contributed by atoms with Crippen LogP contribution in [0.5, 0.6) is 0 Å². The summed E-state index contributed by atoms with van der Waals surface area (Å²) < 4.78 is 0. The number of primary amides is 1. The van der Waals surface area contributed by atoms with Crippen LogP contribution in [-0.2, 0) is 19.2 Å². The Balaban J connectivity index is -0.000000590. The molecule has 1 rings (SSSR count). The molecule has 0 aromatic heterocycles. The van der Waals surface area contributed by atoms with Crippen LogP contribution in [0.25, 0.3) is 0 Å². The Morgan fingerprint density at radius 1 is 0.911 bits per heavy atom. The number of nitrogens with one attached hydrogen (secondary N) is 4. The third-order valence-corrected chi connectivity index (χ3v) is 5.83. The van der Waals surface area contributed by atoms with Crippen molar-refractivity contribution in [2.45, 2.75) is 80.6 Å². The molecule has 0 bridgehead atoms. The lowest BCUT2D eigenvalue weighted by Gasteiger charge is -2.25. The van der Waals surface area contributed by atoms with E-state index in [2.05, 4.69) is 34.8 Å². The first-order chi connectivity index (χ1) is 21.1. The number of rotatable bonds is 18. The van der Waals surface area contributed by atoms with Crippen LogP contribution in [0.2, 0.25) is 0 Å². The van der Waals surface area contributed by atoms with Crippen molar-refractivity contribution in [3.05, 3.63) is 42.1 Å². The number of hydrogen-bond donors (Lipinski definition) is 8.